The van der Waals surface area contributed by atoms with E-state index < -0.39 is 18.4 Å². The second-order valence-corrected chi connectivity index (χ2v) is 8.26. The summed E-state index contributed by atoms with van der Waals surface area (Å²) in [5.74, 6) is -0.799. The van der Waals surface area contributed by atoms with E-state index in [2.05, 4.69) is 15.0 Å². The molecule has 0 unspecified atom stereocenters. The Morgan fingerprint density at radius 2 is 1.97 bits per heavy atom. The Morgan fingerprint density at radius 3 is 2.58 bits per heavy atom. The highest BCUT2D eigenvalue weighted by atomic mass is 32.1. The molecule has 174 valence electrons. The highest BCUT2D eigenvalue weighted by Crippen LogP contribution is 2.36. The van der Waals surface area contributed by atoms with Gasteiger partial charge in [0.2, 0.25) is 0 Å². The second-order valence-electron chi connectivity index (χ2n) is 7.37. The molecule has 2 N–H and O–H groups in total. The monoisotopic (exact) mass is 479 g/mol. The average Bonchev–Trinajstić information content (AvgIpc) is 3.43. The molecule has 1 aliphatic heterocycles. The number of halogens is 3. The number of rotatable bonds is 6. The van der Waals surface area contributed by atoms with Crippen molar-refractivity contribution < 1.29 is 32.5 Å². The maximum Gasteiger partial charge on any atom is 0.573 e. The molecular formula is C22H20F3N3O4S. The minimum Gasteiger partial charge on any atom is -0.406 e. The van der Waals surface area contributed by atoms with Gasteiger partial charge in [0.15, 0.2) is 0 Å². The minimum absolute atomic E-state index is 0.313. The van der Waals surface area contributed by atoms with Crippen LogP contribution in [-0.2, 0) is 4.74 Å². The van der Waals surface area contributed by atoms with Crippen LogP contribution in [0.2, 0.25) is 0 Å². The molecule has 0 saturated carbocycles. The molecule has 7 nitrogen and oxygen atoms in total. The smallest absolute Gasteiger partial charge is 0.406 e. The van der Waals surface area contributed by atoms with E-state index in [9.17, 15) is 23.1 Å². The molecule has 1 amide bonds. The Kier molecular flexibility index (Phi) is 6.54. The number of ether oxygens (including phenoxy) is 2. The lowest BCUT2D eigenvalue weighted by molar-refractivity contribution is -0.274. The number of hydrogen-bond donors (Lipinski definition) is 2. The van der Waals surface area contributed by atoms with Crippen molar-refractivity contribution in [3.8, 4) is 16.2 Å². The van der Waals surface area contributed by atoms with Gasteiger partial charge in [0, 0.05) is 48.9 Å². The fourth-order valence-electron chi connectivity index (χ4n) is 3.63. The predicted molar refractivity (Wildman–Crippen MR) is 118 cm³/mol. The van der Waals surface area contributed by atoms with Crippen molar-refractivity contribution >= 4 is 28.6 Å². The highest BCUT2D eigenvalue weighted by molar-refractivity contribution is 7.13. The van der Waals surface area contributed by atoms with Crippen LogP contribution < -0.4 is 15.0 Å². The van der Waals surface area contributed by atoms with Gasteiger partial charge in [-0.05, 0) is 42.5 Å². The highest BCUT2D eigenvalue weighted by Gasteiger charge is 2.33. The van der Waals surface area contributed by atoms with Crippen LogP contribution in [0.4, 0.5) is 24.5 Å². The first-order valence-corrected chi connectivity index (χ1v) is 10.8. The molecule has 2 heterocycles. The molecule has 0 aliphatic carbocycles. The van der Waals surface area contributed by atoms with Gasteiger partial charge in [-0.3, -0.25) is 9.78 Å². The van der Waals surface area contributed by atoms with E-state index in [0.29, 0.717) is 24.3 Å². The number of carbonyl (C=O) groups excluding carboxylic acids is 1. The number of anilines is 2. The first-order valence-electron chi connectivity index (χ1n) is 9.89. The van der Waals surface area contributed by atoms with Crippen LogP contribution in [0.5, 0.6) is 5.75 Å². The van der Waals surface area contributed by atoms with Gasteiger partial charge < -0.3 is 24.8 Å². The number of hydrogen-bond acceptors (Lipinski definition) is 7. The standard InChI is InChI=1S/C22H20F3N3O4S/c1-31-19-11-28(10-18(19)29)17-7-2-13(8-16(17)20-9-26-12-33-20)21(30)27-14-3-5-15(6-4-14)32-22(23,24)25/h2-9,12,18-19,29H,10-11H2,1H3,(H,27,30)/t18-,19-/m0/s1. The maximum atomic E-state index is 12.8. The van der Waals surface area contributed by atoms with E-state index in [-0.39, 0.29) is 11.9 Å². The normalized spacial score (nSPS) is 18.4. The molecule has 0 bridgehead atoms. The van der Waals surface area contributed by atoms with Crippen molar-refractivity contribution in [3.63, 3.8) is 0 Å². The molecule has 2 atom stereocenters. The zero-order valence-corrected chi connectivity index (χ0v) is 18.2. The maximum absolute atomic E-state index is 12.8. The van der Waals surface area contributed by atoms with Crippen LogP contribution in [0.1, 0.15) is 10.4 Å². The van der Waals surface area contributed by atoms with Crippen molar-refractivity contribution in [2.75, 3.05) is 30.4 Å². The van der Waals surface area contributed by atoms with Crippen LogP contribution >= 0.6 is 11.3 Å². The minimum atomic E-state index is -4.78. The molecule has 33 heavy (non-hydrogen) atoms. The average molecular weight is 479 g/mol. The molecular weight excluding hydrogens is 459 g/mol. The summed E-state index contributed by atoms with van der Waals surface area (Å²) in [5, 5.41) is 12.9. The molecule has 2 aromatic carbocycles. The number of aliphatic hydroxyl groups is 1. The molecule has 1 aliphatic rings. The fraction of sp³-hybridized carbons (Fsp3) is 0.273. The van der Waals surface area contributed by atoms with Gasteiger partial charge >= 0.3 is 6.36 Å². The van der Waals surface area contributed by atoms with Gasteiger partial charge in [0.1, 0.15) is 11.9 Å². The van der Waals surface area contributed by atoms with E-state index in [1.807, 2.05) is 4.90 Å². The van der Waals surface area contributed by atoms with Gasteiger partial charge in [-0.15, -0.1) is 24.5 Å². The van der Waals surface area contributed by atoms with Crippen LogP contribution in [0, 0.1) is 0 Å². The fourth-order valence-corrected chi connectivity index (χ4v) is 4.27. The number of aromatic nitrogens is 1. The number of nitrogens with zero attached hydrogens (tertiary/aromatic N) is 2. The summed E-state index contributed by atoms with van der Waals surface area (Å²) >= 11 is 1.42. The SMILES string of the molecule is CO[C@H]1CN(c2ccc(C(=O)Nc3ccc(OC(F)(F)F)cc3)cc2-c2cncs2)C[C@@H]1O. The Hall–Kier alpha value is -3.15. The first-order chi connectivity index (χ1) is 15.7. The van der Waals surface area contributed by atoms with Gasteiger partial charge in [-0.2, -0.15) is 0 Å². The van der Waals surface area contributed by atoms with Crippen LogP contribution in [0.25, 0.3) is 10.4 Å². The van der Waals surface area contributed by atoms with E-state index in [1.54, 1.807) is 37.0 Å². The van der Waals surface area contributed by atoms with E-state index in [4.69, 9.17) is 4.74 Å². The quantitative estimate of drug-likeness (QED) is 0.553. The number of benzene rings is 2. The van der Waals surface area contributed by atoms with Crippen molar-refractivity contribution in [2.45, 2.75) is 18.6 Å². The number of β-amino-alcohol motifs (C(OH)–C–C–N with tert-alkyl or cyclic N) is 1. The zero-order valence-electron chi connectivity index (χ0n) is 17.4. The molecule has 1 saturated heterocycles. The van der Waals surface area contributed by atoms with Crippen molar-refractivity contribution in [2.24, 2.45) is 0 Å². The largest absolute Gasteiger partial charge is 0.573 e. The third-order valence-electron chi connectivity index (χ3n) is 5.18. The van der Waals surface area contributed by atoms with E-state index in [0.717, 1.165) is 28.3 Å². The summed E-state index contributed by atoms with van der Waals surface area (Å²) in [4.78, 5) is 19.8. The van der Waals surface area contributed by atoms with E-state index >= 15 is 0 Å². The molecule has 1 aromatic heterocycles. The van der Waals surface area contributed by atoms with Gasteiger partial charge in [-0.25, -0.2) is 0 Å². The van der Waals surface area contributed by atoms with Crippen molar-refractivity contribution in [1.82, 2.24) is 4.98 Å². The lowest BCUT2D eigenvalue weighted by atomic mass is 10.1. The molecule has 4 rings (SSSR count). The number of thiazole rings is 1. The summed E-state index contributed by atoms with van der Waals surface area (Å²) in [6, 6.07) is 10.1. The van der Waals surface area contributed by atoms with Crippen LogP contribution in [-0.4, -0.2) is 54.8 Å². The van der Waals surface area contributed by atoms with Gasteiger partial charge in [-0.1, -0.05) is 0 Å². The topological polar surface area (TPSA) is 83.9 Å². The first kappa shape index (κ1) is 23.0. The molecule has 3 aromatic rings. The Balaban J connectivity index is 1.56. The number of aliphatic hydroxyl groups excluding tert-OH is 1. The third-order valence-corrected chi connectivity index (χ3v) is 5.99. The number of nitrogens with one attached hydrogen (secondary N) is 1. The summed E-state index contributed by atoms with van der Waals surface area (Å²) in [6.07, 6.45) is -4.03. The second kappa shape index (κ2) is 9.38. The number of carbonyl (C=O) groups is 1. The van der Waals surface area contributed by atoms with Crippen LogP contribution in [0.15, 0.2) is 54.2 Å². The van der Waals surface area contributed by atoms with Crippen molar-refractivity contribution in [1.29, 1.82) is 0 Å². The lowest BCUT2D eigenvalue weighted by Gasteiger charge is -2.22. The predicted octanol–water partition coefficient (Wildman–Crippen LogP) is 4.16. The summed E-state index contributed by atoms with van der Waals surface area (Å²) in [5.41, 5.74) is 3.99. The summed E-state index contributed by atoms with van der Waals surface area (Å²) in [6.45, 7) is 0.892. The van der Waals surface area contributed by atoms with E-state index in [1.165, 1.54) is 23.5 Å². The summed E-state index contributed by atoms with van der Waals surface area (Å²) in [7, 11) is 1.55. The van der Waals surface area contributed by atoms with Crippen molar-refractivity contribution in [3.05, 3.63) is 59.7 Å². The molecule has 11 heteroatoms. The number of alkyl halides is 3. The third kappa shape index (κ3) is 5.44. The van der Waals surface area contributed by atoms with Crippen LogP contribution in [0.3, 0.4) is 0 Å². The summed E-state index contributed by atoms with van der Waals surface area (Å²) < 4.78 is 46.1. The Morgan fingerprint density at radius 1 is 1.21 bits per heavy atom. The van der Waals surface area contributed by atoms with Gasteiger partial charge in [0.25, 0.3) is 5.91 Å². The lowest BCUT2D eigenvalue weighted by Crippen LogP contribution is -2.25. The Labute approximate surface area is 191 Å². The van der Waals surface area contributed by atoms with Gasteiger partial charge in [0.05, 0.1) is 16.5 Å². The Bertz CT molecular complexity index is 1110. The number of amides is 1. The molecule has 0 radical (unpaired) electrons. The number of methoxy groups -OCH3 is 1. The zero-order chi connectivity index (χ0) is 23.6. The molecule has 1 fully saturated rings. The molecule has 0 spiro atoms.